The number of piperidine rings is 1. The maximum Gasteiger partial charge on any atom is 0.252 e. The van der Waals surface area contributed by atoms with Gasteiger partial charge in [-0.2, -0.15) is 0 Å². The van der Waals surface area contributed by atoms with Crippen LogP contribution in [0.15, 0.2) is 18.2 Å². The fraction of sp³-hybridized carbons (Fsp3) is 0.462. The minimum atomic E-state index is -0.675. The summed E-state index contributed by atoms with van der Waals surface area (Å²) in [5.74, 6) is -0.388. The van der Waals surface area contributed by atoms with Crippen molar-refractivity contribution >= 4 is 18.3 Å². The number of primary amides is 1. The number of benzene rings is 1. The number of ether oxygens (including phenoxy) is 1. The van der Waals surface area contributed by atoms with E-state index in [0.717, 1.165) is 32.0 Å². The average molecular weight is 289 g/mol. The first kappa shape index (κ1) is 15.7. The number of rotatable bonds is 4. The fourth-order valence-electron chi connectivity index (χ4n) is 2.09. The molecule has 1 fully saturated rings. The maximum absolute atomic E-state index is 13.0. The largest absolute Gasteiger partial charge is 0.492 e. The Balaban J connectivity index is 0.00000180. The summed E-state index contributed by atoms with van der Waals surface area (Å²) in [6.45, 7) is 2.46. The van der Waals surface area contributed by atoms with Crippen molar-refractivity contribution in [2.75, 3.05) is 19.7 Å². The number of carbonyl (C=O) groups is 1. The molecule has 1 saturated heterocycles. The van der Waals surface area contributed by atoms with E-state index >= 15 is 0 Å². The average Bonchev–Trinajstić information content (AvgIpc) is 2.38. The van der Waals surface area contributed by atoms with E-state index in [1.807, 2.05) is 0 Å². The van der Waals surface area contributed by atoms with E-state index in [0.29, 0.717) is 18.3 Å². The SMILES string of the molecule is Cl.NC(=O)c1cc(F)ccc1OC[C@@H]1CCCNC1. The highest BCUT2D eigenvalue weighted by molar-refractivity contribution is 5.95. The first-order valence-corrected chi connectivity index (χ1v) is 6.09. The van der Waals surface area contributed by atoms with Gasteiger partial charge in [0.1, 0.15) is 11.6 Å². The number of halogens is 2. The maximum atomic E-state index is 13.0. The van der Waals surface area contributed by atoms with Crippen molar-refractivity contribution in [3.05, 3.63) is 29.6 Å². The molecule has 1 aromatic carbocycles. The van der Waals surface area contributed by atoms with Gasteiger partial charge in [-0.1, -0.05) is 0 Å². The molecule has 4 nitrogen and oxygen atoms in total. The zero-order valence-electron chi connectivity index (χ0n) is 10.5. The predicted molar refractivity (Wildman–Crippen MR) is 73.3 cm³/mol. The van der Waals surface area contributed by atoms with E-state index in [4.69, 9.17) is 10.5 Å². The normalized spacial score (nSPS) is 18.5. The molecule has 0 aliphatic carbocycles. The summed E-state index contributed by atoms with van der Waals surface area (Å²) in [5.41, 5.74) is 5.29. The van der Waals surface area contributed by atoms with E-state index in [2.05, 4.69) is 5.32 Å². The lowest BCUT2D eigenvalue weighted by Crippen LogP contribution is -2.33. The van der Waals surface area contributed by atoms with Gasteiger partial charge in [-0.15, -0.1) is 12.4 Å². The molecule has 1 aromatic rings. The van der Waals surface area contributed by atoms with Gasteiger partial charge in [-0.3, -0.25) is 4.79 Å². The Labute approximate surface area is 117 Å². The Morgan fingerprint density at radius 3 is 2.95 bits per heavy atom. The summed E-state index contributed by atoms with van der Waals surface area (Å²) >= 11 is 0. The Morgan fingerprint density at radius 2 is 2.32 bits per heavy atom. The molecule has 6 heteroatoms. The van der Waals surface area contributed by atoms with Gasteiger partial charge in [0.05, 0.1) is 12.2 Å². The third-order valence-electron chi connectivity index (χ3n) is 3.08. The summed E-state index contributed by atoms with van der Waals surface area (Å²) in [6, 6.07) is 3.82. The molecular weight excluding hydrogens is 271 g/mol. The molecule has 0 aromatic heterocycles. The quantitative estimate of drug-likeness (QED) is 0.887. The van der Waals surface area contributed by atoms with Crippen LogP contribution in [0.4, 0.5) is 4.39 Å². The molecule has 1 amide bonds. The highest BCUT2D eigenvalue weighted by Crippen LogP contribution is 2.21. The van der Waals surface area contributed by atoms with Crippen molar-refractivity contribution < 1.29 is 13.9 Å². The van der Waals surface area contributed by atoms with Crippen molar-refractivity contribution in [1.82, 2.24) is 5.32 Å². The first-order chi connectivity index (χ1) is 8.66. The molecule has 1 atom stereocenters. The van der Waals surface area contributed by atoms with E-state index in [1.165, 1.54) is 12.1 Å². The molecule has 1 aliphatic heterocycles. The second kappa shape index (κ2) is 7.31. The van der Waals surface area contributed by atoms with Crippen LogP contribution >= 0.6 is 12.4 Å². The zero-order chi connectivity index (χ0) is 13.0. The number of hydrogen-bond acceptors (Lipinski definition) is 3. The van der Waals surface area contributed by atoms with Crippen LogP contribution in [0.1, 0.15) is 23.2 Å². The van der Waals surface area contributed by atoms with Gasteiger partial charge in [0.2, 0.25) is 0 Å². The Hall–Kier alpha value is -1.33. The smallest absolute Gasteiger partial charge is 0.252 e. The molecule has 0 saturated carbocycles. The molecule has 0 spiro atoms. The predicted octanol–water partition coefficient (Wildman–Crippen LogP) is 1.72. The van der Waals surface area contributed by atoms with Gasteiger partial charge in [0.25, 0.3) is 5.91 Å². The Kier molecular flexibility index (Phi) is 6.05. The lowest BCUT2D eigenvalue weighted by molar-refractivity contribution is 0.0994. The Morgan fingerprint density at radius 1 is 1.53 bits per heavy atom. The summed E-state index contributed by atoms with van der Waals surface area (Å²) in [7, 11) is 0. The highest BCUT2D eigenvalue weighted by Gasteiger charge is 2.16. The summed E-state index contributed by atoms with van der Waals surface area (Å²) in [5, 5.41) is 3.29. The number of hydrogen-bond donors (Lipinski definition) is 2. The number of nitrogens with one attached hydrogen (secondary N) is 1. The van der Waals surface area contributed by atoms with Crippen LogP contribution < -0.4 is 15.8 Å². The number of nitrogens with two attached hydrogens (primary N) is 1. The van der Waals surface area contributed by atoms with E-state index in [9.17, 15) is 9.18 Å². The molecule has 19 heavy (non-hydrogen) atoms. The third-order valence-corrected chi connectivity index (χ3v) is 3.08. The van der Waals surface area contributed by atoms with Crippen molar-refractivity contribution in [3.8, 4) is 5.75 Å². The standard InChI is InChI=1S/C13H17FN2O2.ClH/c14-10-3-4-12(11(6-10)13(15)17)18-8-9-2-1-5-16-7-9;/h3-4,6,9,16H,1-2,5,7-8H2,(H2,15,17);1H/t9-;/m1./s1. The van der Waals surface area contributed by atoms with Gasteiger partial charge in [0, 0.05) is 12.5 Å². The molecule has 0 radical (unpaired) electrons. The van der Waals surface area contributed by atoms with Gasteiger partial charge in [0.15, 0.2) is 0 Å². The third kappa shape index (κ3) is 4.36. The van der Waals surface area contributed by atoms with Crippen LogP contribution in [0.2, 0.25) is 0 Å². The van der Waals surface area contributed by atoms with Crippen molar-refractivity contribution in [3.63, 3.8) is 0 Å². The van der Waals surface area contributed by atoms with Crippen LogP contribution in [0, 0.1) is 11.7 Å². The molecule has 106 valence electrons. The number of carbonyl (C=O) groups excluding carboxylic acids is 1. The lowest BCUT2D eigenvalue weighted by atomic mass is 10.0. The second-order valence-corrected chi connectivity index (χ2v) is 4.53. The molecule has 0 bridgehead atoms. The van der Waals surface area contributed by atoms with Gasteiger partial charge < -0.3 is 15.8 Å². The van der Waals surface area contributed by atoms with Crippen molar-refractivity contribution in [2.45, 2.75) is 12.8 Å². The summed E-state index contributed by atoms with van der Waals surface area (Å²) < 4.78 is 18.6. The van der Waals surface area contributed by atoms with Crippen molar-refractivity contribution in [1.29, 1.82) is 0 Å². The van der Waals surface area contributed by atoms with E-state index < -0.39 is 11.7 Å². The molecule has 3 N–H and O–H groups in total. The first-order valence-electron chi connectivity index (χ1n) is 6.09. The van der Waals surface area contributed by atoms with E-state index in [-0.39, 0.29) is 18.0 Å². The molecule has 2 rings (SSSR count). The van der Waals surface area contributed by atoms with Gasteiger partial charge >= 0.3 is 0 Å². The topological polar surface area (TPSA) is 64.4 Å². The van der Waals surface area contributed by atoms with Crippen molar-refractivity contribution in [2.24, 2.45) is 11.7 Å². The molecule has 1 aliphatic rings. The Bertz CT molecular complexity index is 437. The minimum Gasteiger partial charge on any atom is -0.492 e. The number of amides is 1. The van der Waals surface area contributed by atoms with Gasteiger partial charge in [-0.25, -0.2) is 4.39 Å². The van der Waals surface area contributed by atoms with Crippen LogP contribution in [0.3, 0.4) is 0 Å². The molecule has 1 heterocycles. The lowest BCUT2D eigenvalue weighted by Gasteiger charge is -2.23. The van der Waals surface area contributed by atoms with Crippen LogP contribution in [0.5, 0.6) is 5.75 Å². The minimum absolute atomic E-state index is 0. The van der Waals surface area contributed by atoms with Crippen LogP contribution in [-0.4, -0.2) is 25.6 Å². The van der Waals surface area contributed by atoms with Gasteiger partial charge in [-0.05, 0) is 37.6 Å². The summed E-state index contributed by atoms with van der Waals surface area (Å²) in [4.78, 5) is 11.2. The van der Waals surface area contributed by atoms with Crippen LogP contribution in [0.25, 0.3) is 0 Å². The monoisotopic (exact) mass is 288 g/mol. The highest BCUT2D eigenvalue weighted by atomic mass is 35.5. The second-order valence-electron chi connectivity index (χ2n) is 4.53. The summed E-state index contributed by atoms with van der Waals surface area (Å²) in [6.07, 6.45) is 2.22. The van der Waals surface area contributed by atoms with E-state index in [1.54, 1.807) is 0 Å². The van der Waals surface area contributed by atoms with Crippen LogP contribution in [-0.2, 0) is 0 Å². The molecule has 0 unspecified atom stereocenters. The fourth-order valence-corrected chi connectivity index (χ4v) is 2.09. The molecular formula is C13H18ClFN2O2. The zero-order valence-corrected chi connectivity index (χ0v) is 11.3.